The summed E-state index contributed by atoms with van der Waals surface area (Å²) in [6, 6.07) is 12.8. The van der Waals surface area contributed by atoms with Gasteiger partial charge in [0.15, 0.2) is 17.3 Å². The normalized spacial score (nSPS) is 20.5. The molecule has 3 aromatic rings. The number of allylic oxidation sites excluding steroid dienone is 2. The van der Waals surface area contributed by atoms with E-state index < -0.39 is 35.3 Å². The number of rotatable bonds is 8. The van der Waals surface area contributed by atoms with Gasteiger partial charge in [-0.2, -0.15) is 0 Å². The Kier molecular flexibility index (Phi) is 8.12. The maximum absolute atomic E-state index is 14.5. The smallest absolute Gasteiger partial charge is 0.317 e. The third kappa shape index (κ3) is 5.08. The van der Waals surface area contributed by atoms with Gasteiger partial charge < -0.3 is 18.9 Å². The highest BCUT2D eigenvalue weighted by Gasteiger charge is 2.50. The first-order valence-corrected chi connectivity index (χ1v) is 14.1. The number of amides is 1. The van der Waals surface area contributed by atoms with Gasteiger partial charge in [-0.1, -0.05) is 6.07 Å². The Morgan fingerprint density at radius 1 is 1.00 bits per heavy atom. The first kappa shape index (κ1) is 28.4. The highest BCUT2D eigenvalue weighted by Crippen LogP contribution is 2.51. The number of methoxy groups -OCH3 is 3. The molecule has 1 aliphatic heterocycles. The largest absolute Gasteiger partial charge is 0.493 e. The molecular formula is C31H30FNO7S. The van der Waals surface area contributed by atoms with Crippen molar-refractivity contribution in [3.63, 3.8) is 0 Å². The predicted molar refractivity (Wildman–Crippen MR) is 151 cm³/mol. The van der Waals surface area contributed by atoms with Crippen LogP contribution in [0, 0.1) is 11.7 Å². The average Bonchev–Trinajstić information content (AvgIpc) is 3.51. The van der Waals surface area contributed by atoms with Crippen molar-refractivity contribution in [3.05, 3.63) is 81.4 Å². The molecule has 0 saturated carbocycles. The minimum atomic E-state index is -1.08. The minimum Gasteiger partial charge on any atom is -0.493 e. The lowest BCUT2D eigenvalue weighted by Gasteiger charge is -2.42. The monoisotopic (exact) mass is 579 g/mol. The number of nitrogens with zero attached hydrogens (tertiary/aromatic N) is 1. The lowest BCUT2D eigenvalue weighted by atomic mass is 9.69. The number of Topliss-reactive ketones (excluding diaryl/α,β-unsaturated/α-hetero) is 1. The molecule has 0 bridgehead atoms. The molecule has 0 N–H and O–H groups in total. The number of carbonyl (C=O) groups excluding carboxylic acids is 3. The van der Waals surface area contributed by atoms with Crippen LogP contribution >= 0.6 is 11.3 Å². The number of ketones is 1. The first-order valence-electron chi connectivity index (χ1n) is 13.2. The van der Waals surface area contributed by atoms with E-state index in [2.05, 4.69) is 0 Å². The number of benzene rings is 2. The van der Waals surface area contributed by atoms with Crippen molar-refractivity contribution in [2.45, 2.75) is 31.6 Å². The number of hydrogen-bond donors (Lipinski definition) is 0. The number of halogens is 1. The van der Waals surface area contributed by atoms with Gasteiger partial charge >= 0.3 is 5.97 Å². The summed E-state index contributed by atoms with van der Waals surface area (Å²) in [4.78, 5) is 44.0. The summed E-state index contributed by atoms with van der Waals surface area (Å²) in [5.74, 6) is -2.90. The van der Waals surface area contributed by atoms with E-state index in [1.165, 1.54) is 61.8 Å². The van der Waals surface area contributed by atoms with Gasteiger partial charge in [-0.15, -0.1) is 11.3 Å². The van der Waals surface area contributed by atoms with Gasteiger partial charge in [0.2, 0.25) is 11.7 Å². The molecule has 8 nitrogen and oxygen atoms in total. The van der Waals surface area contributed by atoms with Crippen molar-refractivity contribution >= 4 is 34.7 Å². The minimum absolute atomic E-state index is 0.0696. The molecule has 1 aliphatic carbocycles. The molecule has 0 unspecified atom stereocenters. The number of thiophene rings is 1. The fourth-order valence-corrected chi connectivity index (χ4v) is 6.64. The van der Waals surface area contributed by atoms with Gasteiger partial charge in [0.25, 0.3) is 0 Å². The van der Waals surface area contributed by atoms with E-state index in [1.807, 2.05) is 17.5 Å². The third-order valence-electron chi connectivity index (χ3n) is 7.54. The zero-order chi connectivity index (χ0) is 29.3. The number of anilines is 1. The van der Waals surface area contributed by atoms with Crippen LogP contribution in [-0.2, 0) is 19.1 Å². The molecule has 3 atom stereocenters. The standard InChI is InChI=1S/C31H30FNO7S/c1-5-40-31(36)28-21(25-7-6-12-41-25)15-22-27(29(28)35)20(16-26(34)33(22)19-10-8-18(32)9-11-19)17-13-23(37-2)30(39-4)24(14-17)38-3/h6-14,20-21,28H,5,15-16H2,1-4H3/t20-,21+,28+/m1/s1. The van der Waals surface area contributed by atoms with E-state index in [-0.39, 0.29) is 25.4 Å². The predicted octanol–water partition coefficient (Wildman–Crippen LogP) is 5.62. The van der Waals surface area contributed by atoms with E-state index in [4.69, 9.17) is 18.9 Å². The second-order valence-electron chi connectivity index (χ2n) is 9.70. The van der Waals surface area contributed by atoms with Crippen LogP contribution in [-0.4, -0.2) is 45.6 Å². The summed E-state index contributed by atoms with van der Waals surface area (Å²) in [6.45, 7) is 1.83. The van der Waals surface area contributed by atoms with E-state index in [0.29, 0.717) is 39.8 Å². The number of esters is 1. The fourth-order valence-electron chi connectivity index (χ4n) is 5.78. The summed E-state index contributed by atoms with van der Waals surface area (Å²) >= 11 is 1.44. The van der Waals surface area contributed by atoms with Gasteiger partial charge in [-0.3, -0.25) is 19.3 Å². The average molecular weight is 580 g/mol. The molecule has 5 rings (SSSR count). The molecule has 0 fully saturated rings. The lowest BCUT2D eigenvalue weighted by molar-refractivity contribution is -0.152. The Morgan fingerprint density at radius 3 is 2.24 bits per heavy atom. The molecular weight excluding hydrogens is 549 g/mol. The van der Waals surface area contributed by atoms with Crippen LogP contribution in [0.5, 0.6) is 17.2 Å². The summed E-state index contributed by atoms with van der Waals surface area (Å²) in [6.07, 6.45) is 0.162. The lowest BCUT2D eigenvalue weighted by Crippen LogP contribution is -2.46. The Balaban J connectivity index is 1.75. The number of ether oxygens (including phenoxy) is 4. The van der Waals surface area contributed by atoms with Crippen LogP contribution in [0.1, 0.15) is 42.0 Å². The molecule has 2 heterocycles. The molecule has 41 heavy (non-hydrogen) atoms. The van der Waals surface area contributed by atoms with Crippen LogP contribution in [0.25, 0.3) is 0 Å². The summed E-state index contributed by atoms with van der Waals surface area (Å²) in [5, 5.41) is 1.88. The van der Waals surface area contributed by atoms with E-state index in [9.17, 15) is 18.8 Å². The van der Waals surface area contributed by atoms with E-state index in [0.717, 1.165) is 4.88 Å². The summed E-state index contributed by atoms with van der Waals surface area (Å²) < 4.78 is 35.8. The maximum Gasteiger partial charge on any atom is 0.317 e. The Morgan fingerprint density at radius 2 is 1.68 bits per heavy atom. The quantitative estimate of drug-likeness (QED) is 0.253. The molecule has 2 aromatic carbocycles. The Labute approximate surface area is 241 Å². The van der Waals surface area contributed by atoms with Crippen LogP contribution in [0.3, 0.4) is 0 Å². The second kappa shape index (κ2) is 11.7. The number of hydrogen-bond acceptors (Lipinski definition) is 8. The van der Waals surface area contributed by atoms with Crippen molar-refractivity contribution < 1.29 is 37.7 Å². The first-order chi connectivity index (χ1) is 19.8. The van der Waals surface area contributed by atoms with Gasteiger partial charge in [0, 0.05) is 40.1 Å². The Hall–Kier alpha value is -4.18. The molecule has 1 amide bonds. The molecule has 0 radical (unpaired) electrons. The zero-order valence-electron chi connectivity index (χ0n) is 23.1. The maximum atomic E-state index is 14.5. The van der Waals surface area contributed by atoms with Gasteiger partial charge in [-0.05, 0) is 66.8 Å². The molecule has 10 heteroatoms. The van der Waals surface area contributed by atoms with Gasteiger partial charge in [-0.25, -0.2) is 4.39 Å². The van der Waals surface area contributed by atoms with Crippen molar-refractivity contribution in [1.29, 1.82) is 0 Å². The molecule has 0 spiro atoms. The van der Waals surface area contributed by atoms with E-state index >= 15 is 0 Å². The summed E-state index contributed by atoms with van der Waals surface area (Å²) in [7, 11) is 4.47. The van der Waals surface area contributed by atoms with E-state index in [1.54, 1.807) is 19.1 Å². The zero-order valence-corrected chi connectivity index (χ0v) is 24.0. The van der Waals surface area contributed by atoms with Crippen LogP contribution in [0.15, 0.2) is 65.2 Å². The van der Waals surface area contributed by atoms with Crippen molar-refractivity contribution in [2.24, 2.45) is 5.92 Å². The van der Waals surface area contributed by atoms with Crippen LogP contribution < -0.4 is 19.1 Å². The molecule has 2 aliphatic rings. The Bertz CT molecular complexity index is 1470. The van der Waals surface area contributed by atoms with Gasteiger partial charge in [0.1, 0.15) is 11.7 Å². The van der Waals surface area contributed by atoms with Crippen LogP contribution in [0.2, 0.25) is 0 Å². The molecule has 1 aromatic heterocycles. The topological polar surface area (TPSA) is 91.4 Å². The molecule has 214 valence electrons. The van der Waals surface area contributed by atoms with Crippen molar-refractivity contribution in [2.75, 3.05) is 32.8 Å². The van der Waals surface area contributed by atoms with Crippen molar-refractivity contribution in [3.8, 4) is 17.2 Å². The fraction of sp³-hybridized carbons (Fsp3) is 0.323. The highest BCUT2D eigenvalue weighted by atomic mass is 32.1. The van der Waals surface area contributed by atoms with Crippen molar-refractivity contribution in [1.82, 2.24) is 0 Å². The highest BCUT2D eigenvalue weighted by molar-refractivity contribution is 7.10. The SMILES string of the molecule is CCOC(=O)[C@@H]1C(=O)C2=C(C[C@H]1c1cccs1)N(c1ccc(F)cc1)C(=O)C[C@@H]2c1cc(OC)c(OC)c(OC)c1. The van der Waals surface area contributed by atoms with Crippen LogP contribution in [0.4, 0.5) is 10.1 Å². The second-order valence-corrected chi connectivity index (χ2v) is 10.7. The number of carbonyl (C=O) groups is 3. The molecule has 0 saturated heterocycles. The summed E-state index contributed by atoms with van der Waals surface area (Å²) in [5.41, 5.74) is 1.87. The van der Waals surface area contributed by atoms with Gasteiger partial charge in [0.05, 0.1) is 27.9 Å². The third-order valence-corrected chi connectivity index (χ3v) is 8.55.